The van der Waals surface area contributed by atoms with Crippen molar-refractivity contribution in [3.8, 4) is 0 Å². The number of hydrogen-bond donors (Lipinski definition) is 1. The van der Waals surface area contributed by atoms with Crippen LogP contribution in [0.3, 0.4) is 0 Å². The van der Waals surface area contributed by atoms with E-state index in [1.54, 1.807) is 0 Å². The third kappa shape index (κ3) is 4.33. The van der Waals surface area contributed by atoms with Crippen molar-refractivity contribution < 1.29 is 14.3 Å². The minimum Gasteiger partial charge on any atom is -0.379 e. The highest BCUT2D eigenvalue weighted by molar-refractivity contribution is 5.82. The van der Waals surface area contributed by atoms with E-state index < -0.39 is 0 Å². The second kappa shape index (κ2) is 8.69. The van der Waals surface area contributed by atoms with E-state index >= 15 is 0 Å². The molecule has 0 radical (unpaired) electrons. The fourth-order valence-corrected chi connectivity index (χ4v) is 4.22. The second-order valence-electron chi connectivity index (χ2n) is 7.75. The summed E-state index contributed by atoms with van der Waals surface area (Å²) in [7, 11) is 0. The fraction of sp³-hybridized carbons (Fsp3) is 0.500. The molecule has 1 N–H and O–H groups in total. The minimum atomic E-state index is 0.0350. The van der Waals surface area contributed by atoms with E-state index in [4.69, 9.17) is 4.74 Å². The number of likely N-dealkylation sites (tertiary alicyclic amines) is 1. The number of aromatic nitrogens is 1. The SMILES string of the molecule is O=C(CCCN1CCCC1=O)N[C@H]1COC[C@H]1Cc1ccnc2ccccc12. The van der Waals surface area contributed by atoms with Crippen molar-refractivity contribution in [1.29, 1.82) is 0 Å². The van der Waals surface area contributed by atoms with Crippen LogP contribution in [0.2, 0.25) is 0 Å². The summed E-state index contributed by atoms with van der Waals surface area (Å²) in [6, 6.07) is 10.2. The van der Waals surface area contributed by atoms with Crippen LogP contribution < -0.4 is 5.32 Å². The second-order valence-corrected chi connectivity index (χ2v) is 7.75. The Morgan fingerprint density at radius 1 is 1.25 bits per heavy atom. The third-order valence-electron chi connectivity index (χ3n) is 5.77. The van der Waals surface area contributed by atoms with E-state index in [9.17, 15) is 9.59 Å². The first kappa shape index (κ1) is 18.9. The van der Waals surface area contributed by atoms with Crippen molar-refractivity contribution in [2.45, 2.75) is 38.1 Å². The Morgan fingerprint density at radius 2 is 2.14 bits per heavy atom. The maximum absolute atomic E-state index is 12.4. The minimum absolute atomic E-state index is 0.0350. The lowest BCUT2D eigenvalue weighted by Gasteiger charge is -2.20. The maximum atomic E-state index is 12.4. The lowest BCUT2D eigenvalue weighted by Crippen LogP contribution is -2.40. The van der Waals surface area contributed by atoms with Crippen molar-refractivity contribution in [2.24, 2.45) is 5.92 Å². The van der Waals surface area contributed by atoms with Gasteiger partial charge in [0.05, 0.1) is 24.8 Å². The highest BCUT2D eigenvalue weighted by Gasteiger charge is 2.30. The molecule has 0 saturated carbocycles. The van der Waals surface area contributed by atoms with Gasteiger partial charge >= 0.3 is 0 Å². The molecule has 0 aliphatic carbocycles. The Bertz CT molecular complexity index is 849. The Hall–Kier alpha value is -2.47. The van der Waals surface area contributed by atoms with Gasteiger partial charge in [0, 0.05) is 43.4 Å². The zero-order valence-electron chi connectivity index (χ0n) is 16.1. The standard InChI is InChI=1S/C22H27N3O3/c26-21(7-3-11-25-12-4-8-22(25)27)24-20-15-28-14-17(20)13-16-9-10-23-19-6-2-1-5-18(16)19/h1-2,5-6,9-10,17,20H,3-4,7-8,11-15H2,(H,24,26)/t17-,20+/m1/s1. The molecule has 1 aromatic heterocycles. The van der Waals surface area contributed by atoms with Gasteiger partial charge in [-0.05, 0) is 37.0 Å². The van der Waals surface area contributed by atoms with E-state index in [1.807, 2.05) is 29.3 Å². The van der Waals surface area contributed by atoms with Crippen LogP contribution in [0, 0.1) is 5.92 Å². The maximum Gasteiger partial charge on any atom is 0.222 e. The van der Waals surface area contributed by atoms with Crippen LogP contribution in [0.15, 0.2) is 36.5 Å². The normalized spacial score (nSPS) is 22.1. The Balaban J connectivity index is 1.30. The molecule has 2 fully saturated rings. The number of rotatable bonds is 7. The summed E-state index contributed by atoms with van der Waals surface area (Å²) < 4.78 is 5.67. The van der Waals surface area contributed by atoms with E-state index in [-0.39, 0.29) is 23.8 Å². The van der Waals surface area contributed by atoms with Gasteiger partial charge in [0.25, 0.3) is 0 Å². The number of fused-ring (bicyclic) bond motifs is 1. The van der Waals surface area contributed by atoms with Gasteiger partial charge in [-0.15, -0.1) is 0 Å². The molecule has 0 bridgehead atoms. The van der Waals surface area contributed by atoms with Crippen LogP contribution >= 0.6 is 0 Å². The summed E-state index contributed by atoms with van der Waals surface area (Å²) >= 11 is 0. The first-order valence-electron chi connectivity index (χ1n) is 10.2. The molecule has 148 valence electrons. The monoisotopic (exact) mass is 381 g/mol. The molecule has 28 heavy (non-hydrogen) atoms. The number of pyridine rings is 1. The van der Waals surface area contributed by atoms with E-state index in [2.05, 4.69) is 22.4 Å². The summed E-state index contributed by atoms with van der Waals surface area (Å²) in [6.07, 6.45) is 5.46. The summed E-state index contributed by atoms with van der Waals surface area (Å²) in [5.74, 6) is 0.524. The summed E-state index contributed by atoms with van der Waals surface area (Å²) in [4.78, 5) is 30.3. The van der Waals surface area contributed by atoms with Crippen molar-refractivity contribution in [1.82, 2.24) is 15.2 Å². The lowest BCUT2D eigenvalue weighted by molar-refractivity contribution is -0.128. The van der Waals surface area contributed by atoms with Gasteiger partial charge in [0.1, 0.15) is 0 Å². The number of nitrogens with zero attached hydrogens (tertiary/aromatic N) is 2. The Morgan fingerprint density at radius 3 is 3.00 bits per heavy atom. The summed E-state index contributed by atoms with van der Waals surface area (Å²) in [5, 5.41) is 4.31. The van der Waals surface area contributed by atoms with Gasteiger partial charge in [-0.25, -0.2) is 0 Å². The highest BCUT2D eigenvalue weighted by Crippen LogP contribution is 2.24. The average Bonchev–Trinajstić information content (AvgIpc) is 3.31. The number of carbonyl (C=O) groups excluding carboxylic acids is 2. The largest absolute Gasteiger partial charge is 0.379 e. The van der Waals surface area contributed by atoms with Gasteiger partial charge in [0.2, 0.25) is 11.8 Å². The van der Waals surface area contributed by atoms with Gasteiger partial charge in [-0.3, -0.25) is 14.6 Å². The predicted molar refractivity (Wildman–Crippen MR) is 107 cm³/mol. The molecule has 3 heterocycles. The molecule has 2 aliphatic heterocycles. The molecular formula is C22H27N3O3. The van der Waals surface area contributed by atoms with Crippen molar-refractivity contribution in [2.75, 3.05) is 26.3 Å². The Labute approximate surface area is 165 Å². The lowest BCUT2D eigenvalue weighted by atomic mass is 9.93. The van der Waals surface area contributed by atoms with Gasteiger partial charge < -0.3 is 15.0 Å². The third-order valence-corrected chi connectivity index (χ3v) is 5.77. The van der Waals surface area contributed by atoms with Crippen LogP contribution in [0.25, 0.3) is 10.9 Å². The molecule has 2 amide bonds. The van der Waals surface area contributed by atoms with Gasteiger partial charge in [0.15, 0.2) is 0 Å². The van der Waals surface area contributed by atoms with E-state index in [0.717, 1.165) is 30.3 Å². The van der Waals surface area contributed by atoms with Crippen molar-refractivity contribution >= 4 is 22.7 Å². The highest BCUT2D eigenvalue weighted by atomic mass is 16.5. The molecule has 1 aromatic carbocycles. The molecule has 0 spiro atoms. The summed E-state index contributed by atoms with van der Waals surface area (Å²) in [5.41, 5.74) is 2.24. The average molecular weight is 381 g/mol. The number of hydrogen-bond acceptors (Lipinski definition) is 4. The zero-order valence-corrected chi connectivity index (χ0v) is 16.1. The molecular weight excluding hydrogens is 354 g/mol. The topological polar surface area (TPSA) is 71.5 Å². The quantitative estimate of drug-likeness (QED) is 0.799. The molecule has 4 rings (SSSR count). The van der Waals surface area contributed by atoms with Crippen LogP contribution in [-0.4, -0.2) is 54.0 Å². The number of para-hydroxylation sites is 1. The van der Waals surface area contributed by atoms with Crippen molar-refractivity contribution in [3.63, 3.8) is 0 Å². The van der Waals surface area contributed by atoms with Gasteiger partial charge in [-0.1, -0.05) is 18.2 Å². The van der Waals surface area contributed by atoms with Crippen LogP contribution in [0.1, 0.15) is 31.2 Å². The fourth-order valence-electron chi connectivity index (χ4n) is 4.22. The predicted octanol–water partition coefficient (Wildman–Crippen LogP) is 2.31. The molecule has 2 atom stereocenters. The smallest absolute Gasteiger partial charge is 0.222 e. The van der Waals surface area contributed by atoms with Crippen LogP contribution in [0.5, 0.6) is 0 Å². The zero-order chi connectivity index (χ0) is 19.3. The number of ether oxygens (including phenoxy) is 1. The Kier molecular flexibility index (Phi) is 5.86. The first-order chi connectivity index (χ1) is 13.7. The van der Waals surface area contributed by atoms with Crippen LogP contribution in [0.4, 0.5) is 0 Å². The van der Waals surface area contributed by atoms with Crippen molar-refractivity contribution in [3.05, 3.63) is 42.1 Å². The molecule has 6 heteroatoms. The molecule has 0 unspecified atom stereocenters. The van der Waals surface area contributed by atoms with E-state index in [1.165, 1.54) is 5.56 Å². The number of carbonyl (C=O) groups is 2. The number of amides is 2. The molecule has 2 aromatic rings. The van der Waals surface area contributed by atoms with Crippen LogP contribution in [-0.2, 0) is 20.7 Å². The molecule has 6 nitrogen and oxygen atoms in total. The number of nitrogens with one attached hydrogen (secondary N) is 1. The first-order valence-corrected chi connectivity index (χ1v) is 10.2. The van der Waals surface area contributed by atoms with Gasteiger partial charge in [-0.2, -0.15) is 0 Å². The van der Waals surface area contributed by atoms with E-state index in [0.29, 0.717) is 39.0 Å². The number of benzene rings is 1. The molecule has 2 saturated heterocycles. The summed E-state index contributed by atoms with van der Waals surface area (Å²) in [6.45, 7) is 2.73. The molecule has 2 aliphatic rings.